The molecule has 1 N–H and O–H groups in total. The maximum Gasteiger partial charge on any atom is 0.0982 e. The molecule has 0 heterocycles. The van der Waals surface area contributed by atoms with Crippen LogP contribution in [0, 0.1) is 0 Å². The smallest absolute Gasteiger partial charge is 0.0982 e. The first-order valence-electron chi connectivity index (χ1n) is 5.35. The first-order chi connectivity index (χ1) is 7.25. The number of hydrogen-bond donors (Lipinski definition) is 1. The Hall–Kier alpha value is -0.600. The van der Waals surface area contributed by atoms with E-state index in [-0.39, 0.29) is 0 Å². The van der Waals surface area contributed by atoms with Crippen molar-refractivity contribution in [3.05, 3.63) is 46.5 Å². The molecule has 0 bridgehead atoms. The predicted octanol–water partition coefficient (Wildman–Crippen LogP) is 4.23. The lowest BCUT2D eigenvalue weighted by Gasteiger charge is -2.07. The highest BCUT2D eigenvalue weighted by molar-refractivity contribution is 9.10. The lowest BCUT2D eigenvalue weighted by atomic mass is 10.1. The zero-order valence-electron chi connectivity index (χ0n) is 8.99. The Bertz CT molecular complexity index is 320. The summed E-state index contributed by atoms with van der Waals surface area (Å²) in [5.41, 5.74) is 0.922. The fourth-order valence-electron chi connectivity index (χ4n) is 1.37. The van der Waals surface area contributed by atoms with Crippen LogP contribution >= 0.6 is 15.9 Å². The molecule has 0 aromatic heterocycles. The van der Waals surface area contributed by atoms with Gasteiger partial charge in [-0.3, -0.25) is 0 Å². The first-order valence-corrected chi connectivity index (χ1v) is 6.14. The minimum atomic E-state index is -0.502. The predicted molar refractivity (Wildman–Crippen MR) is 67.8 cm³/mol. The monoisotopic (exact) mass is 268 g/mol. The summed E-state index contributed by atoms with van der Waals surface area (Å²) in [6.07, 6.45) is 6.81. The number of rotatable bonds is 5. The lowest BCUT2D eigenvalue weighted by molar-refractivity contribution is 0.227. The van der Waals surface area contributed by atoms with Crippen LogP contribution in [-0.4, -0.2) is 5.11 Å². The van der Waals surface area contributed by atoms with Crippen molar-refractivity contribution < 1.29 is 5.11 Å². The largest absolute Gasteiger partial charge is 0.384 e. The van der Waals surface area contributed by atoms with Gasteiger partial charge in [0.25, 0.3) is 0 Å². The Kier molecular flexibility index (Phi) is 5.66. The van der Waals surface area contributed by atoms with Gasteiger partial charge in [-0.25, -0.2) is 0 Å². The molecule has 1 nitrogen and oxygen atoms in total. The van der Waals surface area contributed by atoms with E-state index in [0.29, 0.717) is 0 Å². The molecule has 1 unspecified atom stereocenters. The van der Waals surface area contributed by atoms with E-state index in [1.807, 2.05) is 36.4 Å². The minimum absolute atomic E-state index is 0.502. The van der Waals surface area contributed by atoms with Gasteiger partial charge in [-0.15, -0.1) is 0 Å². The molecular formula is C13H17BrO. The van der Waals surface area contributed by atoms with Gasteiger partial charge in [0.05, 0.1) is 6.10 Å². The molecule has 0 radical (unpaired) electrons. The van der Waals surface area contributed by atoms with Gasteiger partial charge in [0, 0.05) is 4.47 Å². The average molecular weight is 269 g/mol. The second-order valence-corrected chi connectivity index (χ2v) is 4.39. The van der Waals surface area contributed by atoms with E-state index >= 15 is 0 Å². The molecule has 0 aliphatic rings. The third-order valence-electron chi connectivity index (χ3n) is 2.27. The molecule has 1 aromatic rings. The number of allylic oxidation sites excluding steroid dienone is 1. The molecule has 2 heteroatoms. The number of halogens is 1. The number of hydrogen-bond acceptors (Lipinski definition) is 1. The van der Waals surface area contributed by atoms with Crippen LogP contribution in [0.15, 0.2) is 40.9 Å². The fraction of sp³-hybridized carbons (Fsp3) is 0.385. The van der Waals surface area contributed by atoms with Crippen molar-refractivity contribution in [2.45, 2.75) is 32.3 Å². The normalized spacial score (nSPS) is 13.3. The molecular weight excluding hydrogens is 252 g/mol. The topological polar surface area (TPSA) is 20.2 Å². The van der Waals surface area contributed by atoms with E-state index in [4.69, 9.17) is 0 Å². The van der Waals surface area contributed by atoms with Gasteiger partial charge in [-0.1, -0.05) is 66.0 Å². The van der Waals surface area contributed by atoms with Gasteiger partial charge >= 0.3 is 0 Å². The molecule has 0 fully saturated rings. The third-order valence-corrected chi connectivity index (χ3v) is 2.99. The highest BCUT2D eigenvalue weighted by atomic mass is 79.9. The summed E-state index contributed by atoms with van der Waals surface area (Å²) in [5.74, 6) is 0. The molecule has 0 amide bonds. The summed E-state index contributed by atoms with van der Waals surface area (Å²) >= 11 is 3.43. The van der Waals surface area contributed by atoms with Gasteiger partial charge in [0.2, 0.25) is 0 Å². The highest BCUT2D eigenvalue weighted by Crippen LogP contribution is 2.23. The van der Waals surface area contributed by atoms with Crippen molar-refractivity contribution in [2.75, 3.05) is 0 Å². The van der Waals surface area contributed by atoms with Crippen molar-refractivity contribution >= 4 is 15.9 Å². The molecule has 1 rings (SSSR count). The summed E-state index contributed by atoms with van der Waals surface area (Å²) in [6, 6.07) is 7.75. The first kappa shape index (κ1) is 12.5. The van der Waals surface area contributed by atoms with Gasteiger partial charge in [-0.2, -0.15) is 0 Å². The Morgan fingerprint density at radius 3 is 2.80 bits per heavy atom. The molecule has 1 atom stereocenters. The Morgan fingerprint density at radius 2 is 2.13 bits per heavy atom. The van der Waals surface area contributed by atoms with Gasteiger partial charge in [0.15, 0.2) is 0 Å². The van der Waals surface area contributed by atoms with E-state index in [1.54, 1.807) is 0 Å². The summed E-state index contributed by atoms with van der Waals surface area (Å²) in [5, 5.41) is 9.88. The number of unbranched alkanes of at least 4 members (excludes halogenated alkanes) is 2. The Labute approximate surface area is 100.0 Å². The van der Waals surface area contributed by atoms with Gasteiger partial charge < -0.3 is 5.11 Å². The molecule has 0 spiro atoms. The van der Waals surface area contributed by atoms with E-state index in [9.17, 15) is 5.11 Å². The van der Waals surface area contributed by atoms with Crippen LogP contribution < -0.4 is 0 Å². The maximum absolute atomic E-state index is 9.88. The van der Waals surface area contributed by atoms with Gasteiger partial charge in [-0.05, 0) is 18.1 Å². The van der Waals surface area contributed by atoms with Crippen LogP contribution in [0.5, 0.6) is 0 Å². The highest BCUT2D eigenvalue weighted by Gasteiger charge is 2.05. The molecule has 0 saturated carbocycles. The molecule has 82 valence electrons. The van der Waals surface area contributed by atoms with Crippen molar-refractivity contribution in [1.29, 1.82) is 0 Å². The summed E-state index contributed by atoms with van der Waals surface area (Å²) < 4.78 is 0.956. The van der Waals surface area contributed by atoms with Crippen molar-refractivity contribution in [2.24, 2.45) is 0 Å². The average Bonchev–Trinajstić information content (AvgIpc) is 2.25. The van der Waals surface area contributed by atoms with Crippen LogP contribution in [0.25, 0.3) is 0 Å². The van der Waals surface area contributed by atoms with E-state index in [1.165, 1.54) is 12.8 Å². The van der Waals surface area contributed by atoms with Crippen LogP contribution in [-0.2, 0) is 0 Å². The Balaban J connectivity index is 2.57. The van der Waals surface area contributed by atoms with E-state index < -0.39 is 6.10 Å². The second kappa shape index (κ2) is 6.81. The molecule has 0 aliphatic carbocycles. The SMILES string of the molecule is CCCCC=CC(O)c1ccccc1Br. The van der Waals surface area contributed by atoms with E-state index in [2.05, 4.69) is 22.9 Å². The second-order valence-electron chi connectivity index (χ2n) is 3.54. The lowest BCUT2D eigenvalue weighted by Crippen LogP contribution is -1.93. The minimum Gasteiger partial charge on any atom is -0.384 e. The quantitative estimate of drug-likeness (QED) is 0.626. The van der Waals surface area contributed by atoms with Crippen LogP contribution in [0.2, 0.25) is 0 Å². The number of aliphatic hydroxyl groups is 1. The van der Waals surface area contributed by atoms with E-state index in [0.717, 1.165) is 16.5 Å². The summed E-state index contributed by atoms with van der Waals surface area (Å²) in [7, 11) is 0. The summed E-state index contributed by atoms with van der Waals surface area (Å²) in [6.45, 7) is 2.16. The van der Waals surface area contributed by atoms with Gasteiger partial charge in [0.1, 0.15) is 0 Å². The van der Waals surface area contributed by atoms with Crippen molar-refractivity contribution in [1.82, 2.24) is 0 Å². The van der Waals surface area contributed by atoms with Crippen LogP contribution in [0.1, 0.15) is 37.9 Å². The van der Waals surface area contributed by atoms with Crippen molar-refractivity contribution in [3.8, 4) is 0 Å². The number of benzene rings is 1. The standard InChI is InChI=1S/C13H17BrO/c1-2-3-4-5-10-13(15)11-8-6-7-9-12(11)14/h5-10,13,15H,2-4H2,1H3. The molecule has 15 heavy (non-hydrogen) atoms. The molecule has 1 aromatic carbocycles. The van der Waals surface area contributed by atoms with Crippen molar-refractivity contribution in [3.63, 3.8) is 0 Å². The maximum atomic E-state index is 9.88. The third kappa shape index (κ3) is 4.18. The molecule has 0 saturated heterocycles. The fourth-order valence-corrected chi connectivity index (χ4v) is 1.89. The summed E-state index contributed by atoms with van der Waals surface area (Å²) in [4.78, 5) is 0. The number of aliphatic hydroxyl groups excluding tert-OH is 1. The van der Waals surface area contributed by atoms with Crippen LogP contribution in [0.3, 0.4) is 0 Å². The zero-order valence-corrected chi connectivity index (χ0v) is 10.6. The zero-order chi connectivity index (χ0) is 11.1. The van der Waals surface area contributed by atoms with Crippen LogP contribution in [0.4, 0.5) is 0 Å². The Morgan fingerprint density at radius 1 is 1.40 bits per heavy atom. The molecule has 0 aliphatic heterocycles.